The van der Waals surface area contributed by atoms with Crippen molar-refractivity contribution in [3.8, 4) is 45.5 Å². The van der Waals surface area contributed by atoms with Gasteiger partial charge in [0.1, 0.15) is 22.5 Å². The minimum absolute atomic E-state index is 0. The van der Waals surface area contributed by atoms with E-state index < -0.39 is 0 Å². The maximum absolute atomic E-state index is 12.0. The second-order valence-corrected chi connectivity index (χ2v) is 12.8. The lowest BCUT2D eigenvalue weighted by molar-refractivity contribution is 0.467. The quantitative estimate of drug-likeness (QED) is 0.169. The third-order valence-corrected chi connectivity index (χ3v) is 9.14. The molecule has 8 rings (SSSR count). The van der Waals surface area contributed by atoms with Crippen molar-refractivity contribution in [2.45, 2.75) is 49.0 Å². The lowest BCUT2D eigenvalue weighted by Gasteiger charge is -2.13. The van der Waals surface area contributed by atoms with Gasteiger partial charge in [0, 0.05) is 57.8 Å². The summed E-state index contributed by atoms with van der Waals surface area (Å²) < 4.78 is 12.0. The van der Waals surface area contributed by atoms with E-state index in [0.29, 0.717) is 45.4 Å². The number of aromatic amines is 2. The van der Waals surface area contributed by atoms with Crippen molar-refractivity contribution in [1.82, 2.24) is 40.3 Å². The van der Waals surface area contributed by atoms with Gasteiger partial charge in [0.2, 0.25) is 11.8 Å². The summed E-state index contributed by atoms with van der Waals surface area (Å²) in [7, 11) is 0. The Kier molecular flexibility index (Phi) is 10.9. The molecule has 0 aliphatic heterocycles. The summed E-state index contributed by atoms with van der Waals surface area (Å²) in [5.74, 6) is 2.25. The minimum Gasteiger partial charge on any atom is -0.437 e. The van der Waals surface area contributed by atoms with Gasteiger partial charge in [0.25, 0.3) is 11.1 Å². The largest absolute Gasteiger partial charge is 0.437 e. The fourth-order valence-corrected chi connectivity index (χ4v) is 6.40. The first-order valence-electron chi connectivity index (χ1n) is 17.2. The van der Waals surface area contributed by atoms with Crippen LogP contribution < -0.4 is 20.6 Å². The predicted molar refractivity (Wildman–Crippen MR) is 215 cm³/mol. The Morgan fingerprint density at radius 3 is 1.33 bits per heavy atom. The number of aromatic nitrogens is 8. The molecule has 6 heterocycles. The van der Waals surface area contributed by atoms with E-state index in [9.17, 15) is 9.59 Å². The van der Waals surface area contributed by atoms with Crippen molar-refractivity contribution < 1.29 is 9.47 Å². The molecule has 0 spiro atoms. The molecule has 12 nitrogen and oxygen atoms in total. The molecule has 55 heavy (non-hydrogen) atoms. The number of nitrogens with one attached hydrogen (secondary N) is 2. The molecule has 0 atom stereocenters. The molecule has 0 radical (unpaired) electrons. The third kappa shape index (κ3) is 7.70. The maximum Gasteiger partial charge on any atom is 0.267 e. The van der Waals surface area contributed by atoms with Crippen LogP contribution in [0.2, 0.25) is 0 Å². The molecule has 0 amide bonds. The molecule has 0 fully saturated rings. The summed E-state index contributed by atoms with van der Waals surface area (Å²) in [6.07, 6.45) is 6.85. The van der Waals surface area contributed by atoms with E-state index in [0.717, 1.165) is 55.5 Å². The predicted octanol–water partition coefficient (Wildman–Crippen LogP) is 8.83. The van der Waals surface area contributed by atoms with Crippen LogP contribution in [0.15, 0.2) is 107 Å². The first-order chi connectivity index (χ1) is 26.1. The van der Waals surface area contributed by atoms with Gasteiger partial charge < -0.3 is 9.47 Å². The van der Waals surface area contributed by atoms with Crippen LogP contribution in [0.4, 0.5) is 0 Å². The molecular formula is C43H40N8O4. The molecule has 0 aliphatic carbocycles. The summed E-state index contributed by atoms with van der Waals surface area (Å²) in [4.78, 5) is 41.3. The van der Waals surface area contributed by atoms with Gasteiger partial charge in [0.15, 0.2) is 0 Å². The van der Waals surface area contributed by atoms with Crippen LogP contribution in [0, 0.1) is 41.5 Å². The monoisotopic (exact) mass is 732 g/mol. The zero-order valence-corrected chi connectivity index (χ0v) is 30.6. The Morgan fingerprint density at radius 2 is 0.927 bits per heavy atom. The highest BCUT2D eigenvalue weighted by atomic mass is 16.5. The topological polar surface area (TPSA) is 162 Å². The van der Waals surface area contributed by atoms with Crippen molar-refractivity contribution in [3.63, 3.8) is 0 Å². The van der Waals surface area contributed by atoms with Gasteiger partial charge in [0.05, 0.1) is 11.4 Å². The number of rotatable bonds is 6. The Hall–Kier alpha value is -7.08. The number of hydrogen-bond donors (Lipinski definition) is 2. The summed E-state index contributed by atoms with van der Waals surface area (Å²) in [6.45, 7) is 11.3. The van der Waals surface area contributed by atoms with Crippen LogP contribution in [0.3, 0.4) is 0 Å². The van der Waals surface area contributed by atoms with Crippen molar-refractivity contribution in [2.75, 3.05) is 0 Å². The number of fused-ring (bicyclic) bond motifs is 2. The Morgan fingerprint density at radius 1 is 0.509 bits per heavy atom. The average molecular weight is 733 g/mol. The maximum atomic E-state index is 12.0. The third-order valence-electron chi connectivity index (χ3n) is 9.14. The number of pyridine rings is 4. The highest BCUT2D eigenvalue weighted by Gasteiger charge is 2.16. The fourth-order valence-electron chi connectivity index (χ4n) is 6.40. The van der Waals surface area contributed by atoms with E-state index in [1.54, 1.807) is 38.6 Å². The molecule has 8 aromatic rings. The normalized spacial score (nSPS) is 10.7. The van der Waals surface area contributed by atoms with Crippen LogP contribution in [0.5, 0.6) is 23.3 Å². The van der Waals surface area contributed by atoms with Crippen molar-refractivity contribution in [1.29, 1.82) is 0 Å². The van der Waals surface area contributed by atoms with Gasteiger partial charge in [-0.3, -0.25) is 19.6 Å². The van der Waals surface area contributed by atoms with Gasteiger partial charge in [-0.05, 0) is 112 Å². The minimum atomic E-state index is -0.179. The summed E-state index contributed by atoms with van der Waals surface area (Å²) in [5.41, 5.74) is 9.53. The molecule has 0 bridgehead atoms. The molecular weight excluding hydrogens is 693 g/mol. The second kappa shape index (κ2) is 15.9. The number of ether oxygens (including phenoxy) is 2. The molecule has 6 aromatic heterocycles. The average Bonchev–Trinajstić information content (AvgIpc) is 3.17. The second-order valence-electron chi connectivity index (χ2n) is 12.8. The van der Waals surface area contributed by atoms with Crippen molar-refractivity contribution in [3.05, 3.63) is 152 Å². The van der Waals surface area contributed by atoms with Crippen LogP contribution >= 0.6 is 0 Å². The summed E-state index contributed by atoms with van der Waals surface area (Å²) >= 11 is 0. The zero-order chi connectivity index (χ0) is 37.9. The van der Waals surface area contributed by atoms with Crippen molar-refractivity contribution in [2.24, 2.45) is 0 Å². The summed E-state index contributed by atoms with van der Waals surface area (Å²) in [6, 6.07) is 23.0. The number of H-pyrrole nitrogens is 2. The van der Waals surface area contributed by atoms with E-state index in [1.165, 1.54) is 0 Å². The Bertz CT molecular complexity index is 2610. The van der Waals surface area contributed by atoms with Gasteiger partial charge >= 0.3 is 0 Å². The van der Waals surface area contributed by atoms with E-state index in [-0.39, 0.29) is 18.5 Å². The highest BCUT2D eigenvalue weighted by molar-refractivity contribution is 5.83. The van der Waals surface area contributed by atoms with E-state index in [4.69, 9.17) is 9.47 Å². The first kappa shape index (κ1) is 37.7. The van der Waals surface area contributed by atoms with E-state index in [2.05, 4.69) is 40.3 Å². The Balaban J connectivity index is 0.000000184. The lowest BCUT2D eigenvalue weighted by atomic mass is 9.96. The van der Waals surface area contributed by atoms with Crippen LogP contribution in [-0.4, -0.2) is 40.3 Å². The van der Waals surface area contributed by atoms with Crippen LogP contribution in [-0.2, 0) is 0 Å². The number of nitrogens with zero attached hydrogens (tertiary/aromatic N) is 6. The number of benzene rings is 2. The van der Waals surface area contributed by atoms with Gasteiger partial charge in [-0.15, -0.1) is 0 Å². The molecule has 0 unspecified atom stereocenters. The molecule has 0 saturated heterocycles. The smallest absolute Gasteiger partial charge is 0.267 e. The molecule has 2 aromatic carbocycles. The lowest BCUT2D eigenvalue weighted by Crippen LogP contribution is -2.14. The van der Waals surface area contributed by atoms with E-state index in [1.807, 2.05) is 100 Å². The zero-order valence-electron chi connectivity index (χ0n) is 30.6. The first-order valence-corrected chi connectivity index (χ1v) is 17.2. The van der Waals surface area contributed by atoms with Gasteiger partial charge in [-0.2, -0.15) is 10.2 Å². The van der Waals surface area contributed by atoms with Gasteiger partial charge in [-0.1, -0.05) is 31.7 Å². The van der Waals surface area contributed by atoms with Crippen LogP contribution in [0.1, 0.15) is 41.1 Å². The fraction of sp³-hybridized carbons (Fsp3) is 0.163. The molecule has 2 N–H and O–H groups in total. The van der Waals surface area contributed by atoms with Gasteiger partial charge in [-0.25, -0.2) is 20.2 Å². The molecule has 12 heteroatoms. The molecule has 0 saturated carbocycles. The number of aryl methyl sites for hydroxylation is 4. The number of hydrogen-bond acceptors (Lipinski definition) is 10. The Labute approximate surface area is 317 Å². The highest BCUT2D eigenvalue weighted by Crippen LogP contribution is 2.34. The standard InChI is InChI=1S/2C21H18N4O2.CH4/c2*1-12-11-16(27-21-19-15(8-10-23-21)5-4-9-22-19)6-7-17(12)18-13(2)20(26)25-24-14(18)3;/h2*4-11H,1-3H3,(H,25,26);1H4. The van der Waals surface area contributed by atoms with Crippen molar-refractivity contribution >= 4 is 21.8 Å². The van der Waals surface area contributed by atoms with E-state index >= 15 is 0 Å². The summed E-state index contributed by atoms with van der Waals surface area (Å²) in [5, 5.41) is 15.2. The SMILES string of the molecule is C.Cc1cc(Oc2nccc3cccnc23)ccc1-c1c(C)n[nH]c(=O)c1C.Cc1cc(Oc2nccc3cccnc23)ccc1-c1c(C)n[nH]c(=O)c1C. The molecule has 276 valence electrons. The molecule has 0 aliphatic rings. The van der Waals surface area contributed by atoms with Crippen LogP contribution in [0.25, 0.3) is 44.1 Å².